The molecule has 0 amide bonds. The van der Waals surface area contributed by atoms with E-state index in [1.807, 2.05) is 0 Å². The summed E-state index contributed by atoms with van der Waals surface area (Å²) in [6.07, 6.45) is 12.4. The maximum atomic E-state index is 9.98. The zero-order valence-corrected chi connectivity index (χ0v) is 11.4. The van der Waals surface area contributed by atoms with E-state index in [2.05, 4.69) is 11.8 Å². The van der Waals surface area contributed by atoms with Crippen molar-refractivity contribution in [2.24, 2.45) is 5.92 Å². The molecule has 2 rings (SSSR count). The Morgan fingerprint density at radius 3 is 2.22 bits per heavy atom. The Morgan fingerprint density at radius 1 is 0.944 bits per heavy atom. The van der Waals surface area contributed by atoms with Gasteiger partial charge in [-0.1, -0.05) is 50.4 Å². The first-order valence-electron chi connectivity index (χ1n) is 7.64. The largest absolute Gasteiger partial charge is 0.380 e. The molecule has 18 heavy (non-hydrogen) atoms. The molecule has 2 aliphatic rings. The smallest absolute Gasteiger partial charge is 0.117 e. The predicted octanol–water partition coefficient (Wildman–Crippen LogP) is 3.28. The highest BCUT2D eigenvalue weighted by Crippen LogP contribution is 2.26. The van der Waals surface area contributed by atoms with Crippen molar-refractivity contribution in [3.05, 3.63) is 0 Å². The van der Waals surface area contributed by atoms with Gasteiger partial charge in [0.25, 0.3) is 0 Å². The van der Waals surface area contributed by atoms with Crippen molar-refractivity contribution in [3.8, 4) is 11.8 Å². The normalized spacial score (nSPS) is 24.3. The SMILES string of the molecule is OC(C#CCOC1CCCCC1)C1CCCCC1. The van der Waals surface area contributed by atoms with Crippen molar-refractivity contribution in [1.82, 2.24) is 0 Å². The molecule has 0 saturated heterocycles. The van der Waals surface area contributed by atoms with Crippen LogP contribution in [-0.4, -0.2) is 23.9 Å². The summed E-state index contributed by atoms with van der Waals surface area (Å²) in [5.74, 6) is 6.38. The number of hydrogen-bond acceptors (Lipinski definition) is 2. The lowest BCUT2D eigenvalue weighted by molar-refractivity contribution is 0.0493. The van der Waals surface area contributed by atoms with Crippen LogP contribution in [0.5, 0.6) is 0 Å². The summed E-state index contributed by atoms with van der Waals surface area (Å²) in [5.41, 5.74) is 0. The van der Waals surface area contributed by atoms with Crippen molar-refractivity contribution in [3.63, 3.8) is 0 Å². The highest BCUT2D eigenvalue weighted by molar-refractivity contribution is 5.07. The molecular formula is C16H26O2. The number of rotatable bonds is 3. The molecule has 2 fully saturated rings. The topological polar surface area (TPSA) is 29.5 Å². The van der Waals surface area contributed by atoms with Gasteiger partial charge in [-0.3, -0.25) is 0 Å². The summed E-state index contributed by atoms with van der Waals surface area (Å²) in [5, 5.41) is 9.98. The van der Waals surface area contributed by atoms with E-state index in [9.17, 15) is 5.11 Å². The molecule has 0 aromatic carbocycles. The molecule has 0 heterocycles. The van der Waals surface area contributed by atoms with Crippen LogP contribution in [0.4, 0.5) is 0 Å². The number of aliphatic hydroxyl groups is 1. The van der Waals surface area contributed by atoms with Gasteiger partial charge in [-0.25, -0.2) is 0 Å². The second kappa shape index (κ2) is 7.81. The van der Waals surface area contributed by atoms with Crippen LogP contribution in [0.2, 0.25) is 0 Å². The predicted molar refractivity (Wildman–Crippen MR) is 73.2 cm³/mol. The molecular weight excluding hydrogens is 224 g/mol. The lowest BCUT2D eigenvalue weighted by Gasteiger charge is -2.23. The summed E-state index contributed by atoms with van der Waals surface area (Å²) in [6.45, 7) is 0.494. The molecule has 0 aliphatic heterocycles. The van der Waals surface area contributed by atoms with E-state index in [0.717, 1.165) is 12.8 Å². The van der Waals surface area contributed by atoms with Crippen molar-refractivity contribution in [2.45, 2.75) is 76.4 Å². The Hall–Kier alpha value is -0.520. The molecule has 1 unspecified atom stereocenters. The molecule has 0 aromatic rings. The quantitative estimate of drug-likeness (QED) is 0.779. The molecule has 0 bridgehead atoms. The molecule has 102 valence electrons. The molecule has 2 heteroatoms. The average molecular weight is 250 g/mol. The fourth-order valence-electron chi connectivity index (χ4n) is 3.11. The molecule has 2 saturated carbocycles. The van der Waals surface area contributed by atoms with Gasteiger partial charge in [0.15, 0.2) is 0 Å². The molecule has 2 aliphatic carbocycles. The van der Waals surface area contributed by atoms with E-state index in [-0.39, 0.29) is 0 Å². The van der Waals surface area contributed by atoms with Gasteiger partial charge in [0.05, 0.1) is 6.10 Å². The van der Waals surface area contributed by atoms with Gasteiger partial charge in [0.2, 0.25) is 0 Å². The molecule has 1 N–H and O–H groups in total. The van der Waals surface area contributed by atoms with E-state index in [1.54, 1.807) is 0 Å². The van der Waals surface area contributed by atoms with Crippen molar-refractivity contribution in [2.75, 3.05) is 6.61 Å². The molecule has 1 atom stereocenters. The lowest BCUT2D eigenvalue weighted by Crippen LogP contribution is -2.21. The van der Waals surface area contributed by atoms with Gasteiger partial charge in [-0.15, -0.1) is 0 Å². The van der Waals surface area contributed by atoms with Crippen molar-refractivity contribution >= 4 is 0 Å². The summed E-state index contributed by atoms with van der Waals surface area (Å²) in [7, 11) is 0. The summed E-state index contributed by atoms with van der Waals surface area (Å²) in [6, 6.07) is 0. The Kier molecular flexibility index (Phi) is 6.04. The molecule has 0 aromatic heterocycles. The first-order chi connectivity index (χ1) is 8.86. The van der Waals surface area contributed by atoms with Crippen LogP contribution in [0.1, 0.15) is 64.2 Å². The number of aliphatic hydroxyl groups excluding tert-OH is 1. The number of ether oxygens (including phenoxy) is 1. The Morgan fingerprint density at radius 2 is 1.56 bits per heavy atom. The Balaban J connectivity index is 1.64. The van der Waals surface area contributed by atoms with E-state index < -0.39 is 6.10 Å². The van der Waals surface area contributed by atoms with Crippen LogP contribution in [0.25, 0.3) is 0 Å². The summed E-state index contributed by atoms with van der Waals surface area (Å²) >= 11 is 0. The van der Waals surface area contributed by atoms with Crippen molar-refractivity contribution in [1.29, 1.82) is 0 Å². The van der Waals surface area contributed by atoms with Crippen LogP contribution in [0.15, 0.2) is 0 Å². The van der Waals surface area contributed by atoms with Gasteiger partial charge in [-0.05, 0) is 31.6 Å². The maximum absolute atomic E-state index is 9.98. The Labute approximate surface area is 111 Å². The minimum atomic E-state index is -0.430. The second-order valence-electron chi connectivity index (χ2n) is 5.74. The van der Waals surface area contributed by atoms with Crippen LogP contribution < -0.4 is 0 Å². The standard InChI is InChI=1S/C16H26O2/c17-16(14-8-3-1-4-9-14)12-7-13-18-15-10-5-2-6-11-15/h14-17H,1-6,8-11,13H2. The average Bonchev–Trinajstić information content (AvgIpc) is 2.45. The maximum Gasteiger partial charge on any atom is 0.117 e. The van der Waals surface area contributed by atoms with Crippen LogP contribution >= 0.6 is 0 Å². The fraction of sp³-hybridized carbons (Fsp3) is 0.875. The van der Waals surface area contributed by atoms with Gasteiger partial charge in [0, 0.05) is 0 Å². The molecule has 0 spiro atoms. The van der Waals surface area contributed by atoms with Gasteiger partial charge in [0.1, 0.15) is 12.7 Å². The van der Waals surface area contributed by atoms with Gasteiger partial charge in [-0.2, -0.15) is 0 Å². The van der Waals surface area contributed by atoms with Gasteiger partial charge < -0.3 is 9.84 Å². The van der Waals surface area contributed by atoms with E-state index in [0.29, 0.717) is 18.6 Å². The monoisotopic (exact) mass is 250 g/mol. The first-order valence-corrected chi connectivity index (χ1v) is 7.64. The van der Waals surface area contributed by atoms with Gasteiger partial charge >= 0.3 is 0 Å². The van der Waals surface area contributed by atoms with Crippen LogP contribution in [0.3, 0.4) is 0 Å². The minimum Gasteiger partial charge on any atom is -0.380 e. The molecule has 2 nitrogen and oxygen atoms in total. The Bertz CT molecular complexity index is 277. The summed E-state index contributed by atoms with van der Waals surface area (Å²) < 4.78 is 5.74. The zero-order valence-electron chi connectivity index (χ0n) is 11.4. The third-order valence-corrected chi connectivity index (χ3v) is 4.29. The number of hydrogen-bond donors (Lipinski definition) is 1. The van der Waals surface area contributed by atoms with E-state index in [1.165, 1.54) is 51.4 Å². The lowest BCUT2D eigenvalue weighted by atomic mass is 9.85. The van der Waals surface area contributed by atoms with Crippen molar-refractivity contribution < 1.29 is 9.84 Å². The summed E-state index contributed by atoms with van der Waals surface area (Å²) in [4.78, 5) is 0. The first kappa shape index (κ1) is 13.9. The molecule has 0 radical (unpaired) electrons. The van der Waals surface area contributed by atoms with E-state index in [4.69, 9.17) is 4.74 Å². The van der Waals surface area contributed by atoms with Crippen LogP contribution in [0, 0.1) is 17.8 Å². The third-order valence-electron chi connectivity index (χ3n) is 4.29. The zero-order chi connectivity index (χ0) is 12.6. The second-order valence-corrected chi connectivity index (χ2v) is 5.74. The highest BCUT2D eigenvalue weighted by atomic mass is 16.5. The fourth-order valence-corrected chi connectivity index (χ4v) is 3.11. The van der Waals surface area contributed by atoms with E-state index >= 15 is 0 Å². The van der Waals surface area contributed by atoms with Crippen LogP contribution in [-0.2, 0) is 4.74 Å². The highest BCUT2D eigenvalue weighted by Gasteiger charge is 2.19. The third kappa shape index (κ3) is 4.63. The minimum absolute atomic E-state index is 0.404.